The lowest BCUT2D eigenvalue weighted by Crippen LogP contribution is -1.73. The Kier molecular flexibility index (Phi) is 1.38. The van der Waals surface area contributed by atoms with E-state index in [1.54, 1.807) is 0 Å². The van der Waals surface area contributed by atoms with E-state index in [2.05, 4.69) is 9.83 Å². The molecule has 1 aromatic heterocycles. The topological polar surface area (TPSA) is 20.1 Å². The highest BCUT2D eigenvalue weighted by atomic mass is 14.7. The minimum absolute atomic E-state index is 0.727. The van der Waals surface area contributed by atoms with Gasteiger partial charge in [0.05, 0.1) is 6.57 Å². The summed E-state index contributed by atoms with van der Waals surface area (Å²) in [4.78, 5) is 6.51. The third kappa shape index (κ3) is 0.876. The molecule has 0 unspecified atom stereocenters. The summed E-state index contributed by atoms with van der Waals surface area (Å²) in [6.45, 7) is 8.88. The van der Waals surface area contributed by atoms with E-state index in [4.69, 9.17) is 6.57 Å². The fourth-order valence-electron chi connectivity index (χ4n) is 1.32. The van der Waals surface area contributed by atoms with Gasteiger partial charge < -0.3 is 4.98 Å². The van der Waals surface area contributed by atoms with Crippen molar-refractivity contribution in [2.24, 2.45) is 0 Å². The normalized spacial score (nSPS) is 10.0. The fraction of sp³-hybridized carbons (Fsp3) is 0.100. The summed E-state index contributed by atoms with van der Waals surface area (Å²) in [5.41, 5.74) is 2.80. The molecule has 2 aromatic rings. The van der Waals surface area contributed by atoms with E-state index >= 15 is 0 Å². The van der Waals surface area contributed by atoms with Crippen LogP contribution in [0.5, 0.6) is 0 Å². The number of hydrogen-bond donors (Lipinski definition) is 1. The highest BCUT2D eigenvalue weighted by Crippen LogP contribution is 2.24. The first-order chi connectivity index (χ1) is 5.81. The van der Waals surface area contributed by atoms with Gasteiger partial charge in [-0.25, -0.2) is 4.85 Å². The molecule has 0 amide bonds. The third-order valence-electron chi connectivity index (χ3n) is 1.99. The summed E-state index contributed by atoms with van der Waals surface area (Å²) in [6, 6.07) is 5.92. The Morgan fingerprint density at radius 2 is 2.25 bits per heavy atom. The number of aryl methyl sites for hydroxylation is 1. The number of nitrogens with one attached hydrogen (secondary N) is 1. The number of fused-ring (bicyclic) bond motifs is 1. The average Bonchev–Trinajstić information content (AvgIpc) is 2.49. The summed E-state index contributed by atoms with van der Waals surface area (Å²) in [5, 5.41) is 1.17. The first-order valence-corrected chi connectivity index (χ1v) is 3.76. The first kappa shape index (κ1) is 6.93. The van der Waals surface area contributed by atoms with Crippen molar-refractivity contribution in [3.63, 3.8) is 0 Å². The van der Waals surface area contributed by atoms with Gasteiger partial charge in [-0.05, 0) is 30.0 Å². The molecule has 0 atom stereocenters. The first-order valence-electron chi connectivity index (χ1n) is 3.76. The zero-order valence-corrected chi connectivity index (χ0v) is 6.76. The monoisotopic (exact) mass is 156 g/mol. The predicted octanol–water partition coefficient (Wildman–Crippen LogP) is 3.03. The Labute approximate surface area is 70.7 Å². The molecule has 0 spiro atoms. The molecule has 0 fully saturated rings. The molecule has 2 rings (SSSR count). The smallest absolute Gasteiger partial charge is 0.192 e. The summed E-state index contributed by atoms with van der Waals surface area (Å²) in [6.07, 6.45) is 1.89. The standard InChI is InChI=1S/C10H8N2/c1-7-5-8-3-4-12-10(8)6-9(7)11-2/h3-6,12H,1H3. The number of aromatic amines is 1. The Morgan fingerprint density at radius 1 is 1.42 bits per heavy atom. The van der Waals surface area contributed by atoms with Crippen LogP contribution in [-0.2, 0) is 0 Å². The Balaban J connectivity index is 2.84. The van der Waals surface area contributed by atoms with Crippen LogP contribution in [-0.4, -0.2) is 4.98 Å². The predicted molar refractivity (Wildman–Crippen MR) is 49.3 cm³/mol. The van der Waals surface area contributed by atoms with E-state index in [-0.39, 0.29) is 0 Å². The molecule has 0 aliphatic carbocycles. The zero-order valence-electron chi connectivity index (χ0n) is 6.76. The van der Waals surface area contributed by atoms with E-state index in [1.165, 1.54) is 5.39 Å². The van der Waals surface area contributed by atoms with Gasteiger partial charge >= 0.3 is 0 Å². The molecule has 0 bridgehead atoms. The molecule has 0 saturated carbocycles. The molecule has 0 aliphatic heterocycles. The molecular weight excluding hydrogens is 148 g/mol. The Bertz CT molecular complexity index is 460. The number of H-pyrrole nitrogens is 1. The van der Waals surface area contributed by atoms with E-state index in [0.717, 1.165) is 16.8 Å². The lowest BCUT2D eigenvalue weighted by atomic mass is 10.1. The molecule has 0 radical (unpaired) electrons. The quantitative estimate of drug-likeness (QED) is 0.566. The van der Waals surface area contributed by atoms with Gasteiger partial charge in [-0.2, -0.15) is 0 Å². The van der Waals surface area contributed by atoms with Crippen molar-refractivity contribution in [3.8, 4) is 0 Å². The van der Waals surface area contributed by atoms with Crippen molar-refractivity contribution >= 4 is 16.6 Å². The molecule has 12 heavy (non-hydrogen) atoms. The second-order valence-corrected chi connectivity index (χ2v) is 2.82. The Morgan fingerprint density at radius 3 is 3.00 bits per heavy atom. The van der Waals surface area contributed by atoms with E-state index in [1.807, 2.05) is 31.3 Å². The van der Waals surface area contributed by atoms with Gasteiger partial charge in [-0.3, -0.25) is 0 Å². The average molecular weight is 156 g/mol. The number of nitrogens with zero attached hydrogens (tertiary/aromatic N) is 1. The minimum atomic E-state index is 0.727. The van der Waals surface area contributed by atoms with Crippen molar-refractivity contribution in [1.29, 1.82) is 0 Å². The van der Waals surface area contributed by atoms with Gasteiger partial charge in [-0.1, -0.05) is 6.07 Å². The number of aromatic nitrogens is 1. The van der Waals surface area contributed by atoms with Gasteiger partial charge in [0.25, 0.3) is 0 Å². The Hall–Kier alpha value is -1.75. The SMILES string of the molecule is [C-]#[N+]c1cc2[nH]ccc2cc1C. The largest absolute Gasteiger partial charge is 0.362 e. The zero-order chi connectivity index (χ0) is 8.55. The molecule has 2 heteroatoms. The van der Waals surface area contributed by atoms with Crippen molar-refractivity contribution in [3.05, 3.63) is 41.4 Å². The van der Waals surface area contributed by atoms with Crippen LogP contribution in [0, 0.1) is 13.5 Å². The van der Waals surface area contributed by atoms with Crippen LogP contribution in [0.15, 0.2) is 24.4 Å². The van der Waals surface area contributed by atoms with Crippen molar-refractivity contribution < 1.29 is 0 Å². The second-order valence-electron chi connectivity index (χ2n) is 2.82. The maximum atomic E-state index is 6.92. The molecule has 1 aromatic carbocycles. The summed E-state index contributed by atoms with van der Waals surface area (Å²) in [7, 11) is 0. The van der Waals surface area contributed by atoms with Crippen LogP contribution in [0.2, 0.25) is 0 Å². The minimum Gasteiger partial charge on any atom is -0.362 e. The number of rotatable bonds is 0. The molecular formula is C10H8N2. The van der Waals surface area contributed by atoms with Gasteiger partial charge in [-0.15, -0.1) is 0 Å². The second kappa shape index (κ2) is 2.38. The molecule has 1 heterocycles. The highest BCUT2D eigenvalue weighted by molar-refractivity contribution is 5.84. The van der Waals surface area contributed by atoms with Gasteiger partial charge in [0.1, 0.15) is 0 Å². The van der Waals surface area contributed by atoms with Gasteiger partial charge in [0, 0.05) is 11.7 Å². The lowest BCUT2D eigenvalue weighted by Gasteiger charge is -1.96. The summed E-state index contributed by atoms with van der Waals surface area (Å²) >= 11 is 0. The molecule has 0 saturated heterocycles. The van der Waals surface area contributed by atoms with Crippen LogP contribution >= 0.6 is 0 Å². The van der Waals surface area contributed by atoms with Crippen LogP contribution in [0.25, 0.3) is 15.7 Å². The van der Waals surface area contributed by atoms with Gasteiger partial charge in [0.15, 0.2) is 5.69 Å². The van der Waals surface area contributed by atoms with E-state index in [9.17, 15) is 0 Å². The summed E-state index contributed by atoms with van der Waals surface area (Å²) in [5.74, 6) is 0. The fourth-order valence-corrected chi connectivity index (χ4v) is 1.32. The van der Waals surface area contributed by atoms with Crippen LogP contribution < -0.4 is 0 Å². The number of benzene rings is 1. The lowest BCUT2D eigenvalue weighted by molar-refractivity contribution is 1.46. The van der Waals surface area contributed by atoms with Crippen molar-refractivity contribution in [2.45, 2.75) is 6.92 Å². The molecule has 2 nitrogen and oxygen atoms in total. The highest BCUT2D eigenvalue weighted by Gasteiger charge is 2.00. The van der Waals surface area contributed by atoms with Crippen LogP contribution in [0.3, 0.4) is 0 Å². The summed E-state index contributed by atoms with van der Waals surface area (Å²) < 4.78 is 0. The third-order valence-corrected chi connectivity index (χ3v) is 1.99. The van der Waals surface area contributed by atoms with Crippen molar-refractivity contribution in [1.82, 2.24) is 4.98 Å². The van der Waals surface area contributed by atoms with E-state index in [0.29, 0.717) is 0 Å². The van der Waals surface area contributed by atoms with Crippen LogP contribution in [0.4, 0.5) is 5.69 Å². The molecule has 0 aliphatic rings. The van der Waals surface area contributed by atoms with Crippen LogP contribution in [0.1, 0.15) is 5.56 Å². The number of hydrogen-bond acceptors (Lipinski definition) is 0. The van der Waals surface area contributed by atoms with Gasteiger partial charge in [0.2, 0.25) is 0 Å². The van der Waals surface area contributed by atoms with Crippen molar-refractivity contribution in [2.75, 3.05) is 0 Å². The molecule has 1 N–H and O–H groups in total. The maximum Gasteiger partial charge on any atom is 0.192 e. The molecule has 58 valence electrons. The van der Waals surface area contributed by atoms with E-state index < -0.39 is 0 Å². The maximum absolute atomic E-state index is 6.92.